The summed E-state index contributed by atoms with van der Waals surface area (Å²) in [5, 5.41) is 4.20. The summed E-state index contributed by atoms with van der Waals surface area (Å²) < 4.78 is 6.58. The Kier molecular flexibility index (Phi) is 2.43. The van der Waals surface area contributed by atoms with Gasteiger partial charge in [0.1, 0.15) is 23.7 Å². The number of nitrogen functional groups attached to an aromatic ring is 1. The van der Waals surface area contributed by atoms with E-state index in [9.17, 15) is 0 Å². The van der Waals surface area contributed by atoms with Gasteiger partial charge in [0.15, 0.2) is 5.82 Å². The molecule has 7 nitrogen and oxygen atoms in total. The number of hydrogen-bond donors (Lipinski definition) is 1. The zero-order valence-corrected chi connectivity index (χ0v) is 9.30. The first kappa shape index (κ1) is 10.3. The minimum Gasteiger partial charge on any atom is -0.479 e. The first-order chi connectivity index (χ1) is 7.63. The van der Waals surface area contributed by atoms with Crippen molar-refractivity contribution in [1.82, 2.24) is 24.7 Å². The molecule has 0 unspecified atom stereocenters. The summed E-state index contributed by atoms with van der Waals surface area (Å²) in [6.07, 6.45) is 1.38. The monoisotopic (exact) mass is 220 g/mol. The van der Waals surface area contributed by atoms with Gasteiger partial charge in [0.2, 0.25) is 5.88 Å². The molecule has 0 saturated heterocycles. The minimum absolute atomic E-state index is 0.331. The highest BCUT2D eigenvalue weighted by Gasteiger charge is 2.13. The molecule has 0 amide bonds. The zero-order valence-electron chi connectivity index (χ0n) is 9.30. The van der Waals surface area contributed by atoms with Crippen molar-refractivity contribution in [3.05, 3.63) is 18.0 Å². The number of aryl methyl sites for hydroxylation is 2. The Labute approximate surface area is 92.3 Å². The summed E-state index contributed by atoms with van der Waals surface area (Å²) in [6, 6.07) is 0. The molecule has 0 saturated carbocycles. The van der Waals surface area contributed by atoms with Gasteiger partial charge >= 0.3 is 0 Å². The standard InChI is InChI=1S/C9H12N6O/c1-5-13-6(2)15(14-5)8-7(10)9(16-3)12-4-11-8/h4H,10H2,1-3H3. The largest absolute Gasteiger partial charge is 0.479 e. The molecule has 0 spiro atoms. The first-order valence-electron chi connectivity index (χ1n) is 4.68. The molecule has 7 heteroatoms. The Bertz CT molecular complexity index is 521. The van der Waals surface area contributed by atoms with E-state index in [1.54, 1.807) is 11.6 Å². The van der Waals surface area contributed by atoms with Gasteiger partial charge in [-0.1, -0.05) is 0 Å². The average Bonchev–Trinajstić information content (AvgIpc) is 2.58. The fourth-order valence-electron chi connectivity index (χ4n) is 1.42. The molecule has 84 valence electrons. The van der Waals surface area contributed by atoms with E-state index in [0.29, 0.717) is 29.0 Å². The van der Waals surface area contributed by atoms with Gasteiger partial charge in [0.25, 0.3) is 0 Å². The zero-order chi connectivity index (χ0) is 11.7. The van der Waals surface area contributed by atoms with Crippen LogP contribution in [0.5, 0.6) is 5.88 Å². The molecule has 2 N–H and O–H groups in total. The fourth-order valence-corrected chi connectivity index (χ4v) is 1.42. The molecule has 0 aromatic carbocycles. The van der Waals surface area contributed by atoms with E-state index in [-0.39, 0.29) is 0 Å². The molecular formula is C9H12N6O. The van der Waals surface area contributed by atoms with Gasteiger partial charge in [-0.3, -0.25) is 0 Å². The van der Waals surface area contributed by atoms with Crippen molar-refractivity contribution in [2.45, 2.75) is 13.8 Å². The van der Waals surface area contributed by atoms with Gasteiger partial charge in [0, 0.05) is 0 Å². The molecule has 0 radical (unpaired) electrons. The van der Waals surface area contributed by atoms with Gasteiger partial charge in [-0.05, 0) is 13.8 Å². The number of anilines is 1. The molecule has 0 atom stereocenters. The minimum atomic E-state index is 0.331. The van der Waals surface area contributed by atoms with Crippen LogP contribution in [0.3, 0.4) is 0 Å². The van der Waals surface area contributed by atoms with Crippen molar-refractivity contribution in [3.8, 4) is 11.7 Å². The summed E-state index contributed by atoms with van der Waals surface area (Å²) in [5.74, 6) is 2.18. The predicted octanol–water partition coefficient (Wildman–Crippen LogP) is 0.265. The molecule has 2 aromatic rings. The number of nitrogens with zero attached hydrogens (tertiary/aromatic N) is 5. The summed E-state index contributed by atoms with van der Waals surface area (Å²) in [6.45, 7) is 3.63. The maximum atomic E-state index is 5.87. The Balaban J connectivity index is 2.60. The molecule has 16 heavy (non-hydrogen) atoms. The normalized spacial score (nSPS) is 10.4. The molecule has 2 rings (SSSR count). The number of aromatic nitrogens is 5. The summed E-state index contributed by atoms with van der Waals surface area (Å²) in [4.78, 5) is 12.2. The highest BCUT2D eigenvalue weighted by atomic mass is 16.5. The second-order valence-electron chi connectivity index (χ2n) is 3.24. The van der Waals surface area contributed by atoms with E-state index in [1.165, 1.54) is 13.4 Å². The van der Waals surface area contributed by atoms with Crippen LogP contribution >= 0.6 is 0 Å². The van der Waals surface area contributed by atoms with Crippen molar-refractivity contribution in [2.24, 2.45) is 0 Å². The number of hydrogen-bond acceptors (Lipinski definition) is 6. The molecule has 0 aliphatic heterocycles. The third-order valence-electron chi connectivity index (χ3n) is 2.10. The molecule has 0 aliphatic rings. The smallest absolute Gasteiger partial charge is 0.242 e. The van der Waals surface area contributed by atoms with Crippen LogP contribution in [-0.2, 0) is 0 Å². The van der Waals surface area contributed by atoms with E-state index >= 15 is 0 Å². The SMILES string of the molecule is COc1ncnc(-n2nc(C)nc2C)c1N. The van der Waals surface area contributed by atoms with Crippen molar-refractivity contribution >= 4 is 5.69 Å². The highest BCUT2D eigenvalue weighted by molar-refractivity contribution is 5.59. The maximum Gasteiger partial charge on any atom is 0.242 e. The second-order valence-corrected chi connectivity index (χ2v) is 3.24. The van der Waals surface area contributed by atoms with Crippen molar-refractivity contribution in [3.63, 3.8) is 0 Å². The number of methoxy groups -OCH3 is 1. The van der Waals surface area contributed by atoms with Crippen LogP contribution in [0.25, 0.3) is 5.82 Å². The van der Waals surface area contributed by atoms with Crippen molar-refractivity contribution < 1.29 is 4.74 Å². The van der Waals surface area contributed by atoms with Gasteiger partial charge < -0.3 is 10.5 Å². The van der Waals surface area contributed by atoms with E-state index < -0.39 is 0 Å². The average molecular weight is 220 g/mol. The Morgan fingerprint density at radius 2 is 2.06 bits per heavy atom. The lowest BCUT2D eigenvalue weighted by molar-refractivity contribution is 0.399. The lowest BCUT2D eigenvalue weighted by Gasteiger charge is -2.07. The first-order valence-corrected chi connectivity index (χ1v) is 4.68. The van der Waals surface area contributed by atoms with E-state index in [2.05, 4.69) is 20.1 Å². The molecule has 2 heterocycles. The van der Waals surface area contributed by atoms with E-state index in [0.717, 1.165) is 0 Å². The Morgan fingerprint density at radius 3 is 2.62 bits per heavy atom. The predicted molar refractivity (Wildman–Crippen MR) is 57.4 cm³/mol. The van der Waals surface area contributed by atoms with Crippen LogP contribution in [0.1, 0.15) is 11.6 Å². The van der Waals surface area contributed by atoms with Crippen LogP contribution < -0.4 is 10.5 Å². The summed E-state index contributed by atoms with van der Waals surface area (Å²) in [5.41, 5.74) is 6.21. The number of ether oxygens (including phenoxy) is 1. The van der Waals surface area contributed by atoms with Gasteiger partial charge in [-0.15, -0.1) is 5.10 Å². The van der Waals surface area contributed by atoms with Gasteiger partial charge in [-0.25, -0.2) is 9.97 Å². The van der Waals surface area contributed by atoms with E-state index in [4.69, 9.17) is 10.5 Å². The maximum absolute atomic E-state index is 5.87. The Morgan fingerprint density at radius 1 is 1.31 bits per heavy atom. The molecule has 0 bridgehead atoms. The number of nitrogens with two attached hydrogens (primary N) is 1. The molecule has 0 fully saturated rings. The molecular weight excluding hydrogens is 208 g/mol. The van der Waals surface area contributed by atoms with Crippen LogP contribution in [0.4, 0.5) is 5.69 Å². The summed E-state index contributed by atoms with van der Waals surface area (Å²) in [7, 11) is 1.50. The lowest BCUT2D eigenvalue weighted by Crippen LogP contribution is -2.08. The fraction of sp³-hybridized carbons (Fsp3) is 0.333. The van der Waals surface area contributed by atoms with Gasteiger partial charge in [0.05, 0.1) is 7.11 Å². The third kappa shape index (κ3) is 1.56. The van der Waals surface area contributed by atoms with Crippen LogP contribution in [-0.4, -0.2) is 31.8 Å². The third-order valence-corrected chi connectivity index (χ3v) is 2.10. The van der Waals surface area contributed by atoms with Crippen molar-refractivity contribution in [1.29, 1.82) is 0 Å². The highest BCUT2D eigenvalue weighted by Crippen LogP contribution is 2.23. The van der Waals surface area contributed by atoms with Crippen molar-refractivity contribution in [2.75, 3.05) is 12.8 Å². The molecule has 0 aliphatic carbocycles. The quantitative estimate of drug-likeness (QED) is 0.780. The Hall–Kier alpha value is -2.18. The lowest BCUT2D eigenvalue weighted by atomic mass is 10.4. The number of rotatable bonds is 2. The summed E-state index contributed by atoms with van der Waals surface area (Å²) >= 11 is 0. The van der Waals surface area contributed by atoms with Crippen LogP contribution in [0.15, 0.2) is 6.33 Å². The second kappa shape index (κ2) is 3.76. The molecule has 2 aromatic heterocycles. The topological polar surface area (TPSA) is 91.7 Å². The van der Waals surface area contributed by atoms with Crippen LogP contribution in [0.2, 0.25) is 0 Å². The van der Waals surface area contributed by atoms with E-state index in [1.807, 2.05) is 6.92 Å². The van der Waals surface area contributed by atoms with Crippen LogP contribution in [0, 0.1) is 13.8 Å². The van der Waals surface area contributed by atoms with Gasteiger partial charge in [-0.2, -0.15) is 9.67 Å².